The molecule has 14 nitrogen and oxygen atoms in total. The van der Waals surface area contributed by atoms with E-state index >= 15 is 0 Å². The number of hydrogen-bond acceptors (Lipinski definition) is 8. The number of likely N-dealkylation sites (tertiary alicyclic amines) is 1. The third-order valence-electron chi connectivity index (χ3n) is 8.94. The summed E-state index contributed by atoms with van der Waals surface area (Å²) in [6, 6.07) is 5.00. The predicted molar refractivity (Wildman–Crippen MR) is 186 cm³/mol. The van der Waals surface area contributed by atoms with Gasteiger partial charge in [-0.25, -0.2) is 9.78 Å². The standard InChI is InChI=1S/C36H50N8O6/c1-6-44-30(35(44)49)31(45)26(18-22(2)3)39-34(48)28(20-24-10-8-7-9-11-24)40-33(47)27(19-23(4)5)41-36(50)43-16-12-25(13-17-43)32(46)42-29-21-37-14-15-38-29/h7-11,14-15,21-23,25-28,30H,6,12-13,16-20H2,1-5H3,(H,39,48)(H,40,47)(H,41,50)(H,38,42,46)/t26-,27-,28-,30?,44?/m0/s1. The fraction of sp³-hybridized carbons (Fsp3) is 0.556. The summed E-state index contributed by atoms with van der Waals surface area (Å²) < 4.78 is 0. The molecule has 50 heavy (non-hydrogen) atoms. The van der Waals surface area contributed by atoms with Crippen molar-refractivity contribution in [2.24, 2.45) is 17.8 Å². The van der Waals surface area contributed by atoms with E-state index in [-0.39, 0.29) is 41.8 Å². The Hall–Kier alpha value is -4.88. The highest BCUT2D eigenvalue weighted by Crippen LogP contribution is 2.24. The van der Waals surface area contributed by atoms with Gasteiger partial charge < -0.3 is 31.1 Å². The first-order chi connectivity index (χ1) is 23.9. The third kappa shape index (κ3) is 10.6. The summed E-state index contributed by atoms with van der Waals surface area (Å²) in [5, 5.41) is 11.3. The second-order valence-electron chi connectivity index (χ2n) is 13.8. The molecule has 2 aromatic rings. The summed E-state index contributed by atoms with van der Waals surface area (Å²) in [5.41, 5.74) is 0.796. The molecule has 2 fully saturated rings. The number of carbonyl (C=O) groups is 6. The molecule has 6 amide bonds. The van der Waals surface area contributed by atoms with Crippen molar-refractivity contribution in [3.8, 4) is 0 Å². The van der Waals surface area contributed by atoms with Crippen molar-refractivity contribution in [2.45, 2.75) is 90.9 Å². The molecule has 2 aliphatic rings. The molecule has 0 radical (unpaired) electrons. The molecule has 0 spiro atoms. The van der Waals surface area contributed by atoms with Crippen molar-refractivity contribution >= 4 is 41.3 Å². The Bertz CT molecular complexity index is 1500. The van der Waals surface area contributed by atoms with Crippen molar-refractivity contribution in [1.29, 1.82) is 0 Å². The molecule has 2 saturated heterocycles. The number of piperidine rings is 1. The van der Waals surface area contributed by atoms with Gasteiger partial charge in [-0.3, -0.25) is 29.0 Å². The maximum atomic E-state index is 13.9. The third-order valence-corrected chi connectivity index (χ3v) is 8.94. The average Bonchev–Trinajstić information content (AvgIpc) is 3.76. The number of Topliss-reactive ketones (excluding diaryl/α,β-unsaturated/α-hetero) is 1. The number of likely N-dealkylation sites (N-methyl/N-ethyl adjacent to an activating group) is 1. The van der Waals surface area contributed by atoms with E-state index in [4.69, 9.17) is 0 Å². The monoisotopic (exact) mass is 690 g/mol. The fourth-order valence-electron chi connectivity index (χ4n) is 6.22. The molecule has 1 unspecified atom stereocenters. The number of aromatic nitrogens is 2. The fourth-order valence-corrected chi connectivity index (χ4v) is 6.22. The Balaban J connectivity index is 1.42. The van der Waals surface area contributed by atoms with E-state index in [2.05, 4.69) is 31.2 Å². The Kier molecular flexibility index (Phi) is 13.4. The maximum Gasteiger partial charge on any atom is 0.318 e. The van der Waals surface area contributed by atoms with Gasteiger partial charge in [0, 0.05) is 44.4 Å². The van der Waals surface area contributed by atoms with Crippen LogP contribution in [0.2, 0.25) is 0 Å². The van der Waals surface area contributed by atoms with E-state index < -0.39 is 42.0 Å². The molecular formula is C36H50N8O6. The molecule has 1 aromatic heterocycles. The highest BCUT2D eigenvalue weighted by molar-refractivity contribution is 6.19. The second-order valence-corrected chi connectivity index (χ2v) is 13.8. The van der Waals surface area contributed by atoms with Gasteiger partial charge >= 0.3 is 6.03 Å². The zero-order valence-corrected chi connectivity index (χ0v) is 29.6. The van der Waals surface area contributed by atoms with Crippen molar-refractivity contribution in [2.75, 3.05) is 25.0 Å². The lowest BCUT2D eigenvalue weighted by Gasteiger charge is -2.33. The van der Waals surface area contributed by atoms with Crippen LogP contribution in [0.4, 0.5) is 10.6 Å². The van der Waals surface area contributed by atoms with Gasteiger partial charge in [-0.05, 0) is 50.0 Å². The van der Waals surface area contributed by atoms with Crippen LogP contribution in [-0.4, -0.2) is 99.0 Å². The molecular weight excluding hydrogens is 640 g/mol. The van der Waals surface area contributed by atoms with E-state index in [1.807, 2.05) is 58.0 Å². The van der Waals surface area contributed by atoms with E-state index in [9.17, 15) is 28.8 Å². The van der Waals surface area contributed by atoms with Gasteiger partial charge in [0.25, 0.3) is 5.91 Å². The van der Waals surface area contributed by atoms with E-state index in [0.29, 0.717) is 51.1 Å². The molecule has 1 aromatic carbocycles. The van der Waals surface area contributed by atoms with Crippen LogP contribution in [0.3, 0.4) is 0 Å². The van der Waals surface area contributed by atoms with Crippen molar-refractivity contribution in [3.05, 3.63) is 54.5 Å². The first-order valence-electron chi connectivity index (χ1n) is 17.5. The van der Waals surface area contributed by atoms with Crippen LogP contribution in [0.25, 0.3) is 0 Å². The number of carbonyl (C=O) groups excluding carboxylic acids is 6. The normalized spacial score (nSPS) is 17.9. The van der Waals surface area contributed by atoms with Crippen LogP contribution in [0.5, 0.6) is 0 Å². The molecule has 4 N–H and O–H groups in total. The highest BCUT2D eigenvalue weighted by atomic mass is 16.2. The summed E-state index contributed by atoms with van der Waals surface area (Å²) in [6.45, 7) is 10.6. The van der Waals surface area contributed by atoms with Crippen molar-refractivity contribution < 1.29 is 28.8 Å². The molecule has 3 heterocycles. The van der Waals surface area contributed by atoms with Crippen molar-refractivity contribution in [3.63, 3.8) is 0 Å². The predicted octanol–water partition coefficient (Wildman–Crippen LogP) is 2.31. The topological polar surface area (TPSA) is 183 Å². The first kappa shape index (κ1) is 37.9. The molecule has 4 rings (SSSR count). The number of nitrogens with zero attached hydrogens (tertiary/aromatic N) is 4. The lowest BCUT2D eigenvalue weighted by atomic mass is 9.96. The van der Waals surface area contributed by atoms with Gasteiger partial charge in [0.1, 0.15) is 12.1 Å². The van der Waals surface area contributed by atoms with E-state index in [1.54, 1.807) is 11.8 Å². The summed E-state index contributed by atoms with van der Waals surface area (Å²) in [5.74, 6) is -1.72. The average molecular weight is 691 g/mol. The SMILES string of the molecule is CCN1C(=O)C1C(=O)[C@H](CC(C)C)NC(=O)[C@H](Cc1ccccc1)NC(=O)[C@H](CC(C)C)NC(=O)N1CCC(C(=O)Nc2cnccn2)CC1. The summed E-state index contributed by atoms with van der Waals surface area (Å²) in [7, 11) is 0. The molecule has 0 bridgehead atoms. The number of amides is 6. The van der Waals surface area contributed by atoms with Gasteiger partial charge in [0.2, 0.25) is 17.7 Å². The lowest BCUT2D eigenvalue weighted by molar-refractivity contribution is -0.132. The van der Waals surface area contributed by atoms with Gasteiger partial charge in [-0.1, -0.05) is 58.0 Å². The minimum atomic E-state index is -1.06. The number of nitrogens with one attached hydrogen (secondary N) is 4. The molecule has 0 saturated carbocycles. The minimum Gasteiger partial charge on any atom is -0.344 e. The zero-order chi connectivity index (χ0) is 36.4. The quantitative estimate of drug-likeness (QED) is 0.153. The maximum absolute atomic E-state index is 13.9. The Morgan fingerprint density at radius 3 is 2.04 bits per heavy atom. The largest absolute Gasteiger partial charge is 0.344 e. The van der Waals surface area contributed by atoms with Crippen LogP contribution >= 0.6 is 0 Å². The number of ketones is 1. The van der Waals surface area contributed by atoms with Gasteiger partial charge in [-0.15, -0.1) is 0 Å². The van der Waals surface area contributed by atoms with Crippen LogP contribution < -0.4 is 21.3 Å². The van der Waals surface area contributed by atoms with E-state index in [0.717, 1.165) is 5.56 Å². The molecule has 2 aliphatic heterocycles. The Labute approximate surface area is 293 Å². The number of hydrogen-bond donors (Lipinski definition) is 4. The first-order valence-corrected chi connectivity index (χ1v) is 17.5. The summed E-state index contributed by atoms with van der Waals surface area (Å²) in [4.78, 5) is 90.5. The number of anilines is 1. The zero-order valence-electron chi connectivity index (χ0n) is 29.6. The van der Waals surface area contributed by atoms with Gasteiger partial charge in [0.05, 0.1) is 12.2 Å². The van der Waals surface area contributed by atoms with Crippen LogP contribution in [0, 0.1) is 17.8 Å². The van der Waals surface area contributed by atoms with Crippen LogP contribution in [0.1, 0.15) is 65.9 Å². The number of benzene rings is 1. The number of urea groups is 1. The van der Waals surface area contributed by atoms with Crippen molar-refractivity contribution in [1.82, 2.24) is 35.7 Å². The number of rotatable bonds is 16. The van der Waals surface area contributed by atoms with Gasteiger partial charge in [-0.2, -0.15) is 0 Å². The molecule has 4 atom stereocenters. The molecule has 270 valence electrons. The second kappa shape index (κ2) is 17.7. The highest BCUT2D eigenvalue weighted by Gasteiger charge is 2.52. The van der Waals surface area contributed by atoms with Crippen LogP contribution in [-0.2, 0) is 30.4 Å². The minimum absolute atomic E-state index is 0.0357. The van der Waals surface area contributed by atoms with Gasteiger partial charge in [0.15, 0.2) is 17.6 Å². The Morgan fingerprint density at radius 1 is 0.840 bits per heavy atom. The summed E-state index contributed by atoms with van der Waals surface area (Å²) >= 11 is 0. The molecule has 14 heteroatoms. The lowest BCUT2D eigenvalue weighted by Crippen LogP contribution is -2.58. The molecule has 0 aliphatic carbocycles. The smallest absolute Gasteiger partial charge is 0.318 e. The Morgan fingerprint density at radius 2 is 1.46 bits per heavy atom. The van der Waals surface area contributed by atoms with E-state index in [1.165, 1.54) is 23.5 Å². The van der Waals surface area contributed by atoms with Crippen LogP contribution in [0.15, 0.2) is 48.9 Å². The summed E-state index contributed by atoms with van der Waals surface area (Å²) in [6.07, 6.45) is 6.17.